The van der Waals surface area contributed by atoms with Crippen molar-refractivity contribution in [3.05, 3.63) is 59.7 Å². The number of hydrogen-bond donors (Lipinski definition) is 1. The summed E-state index contributed by atoms with van der Waals surface area (Å²) in [6.45, 7) is 5.17. The number of nitrogens with one attached hydrogen (secondary N) is 1. The molecule has 2 aromatic rings. The molecule has 2 amide bonds. The van der Waals surface area contributed by atoms with Gasteiger partial charge in [-0.1, -0.05) is 24.3 Å². The van der Waals surface area contributed by atoms with Crippen molar-refractivity contribution in [1.82, 2.24) is 15.1 Å². The number of morpholine rings is 1. The summed E-state index contributed by atoms with van der Waals surface area (Å²) in [5.74, 6) is 1.18. The number of thioether (sulfide) groups is 1. The maximum absolute atomic E-state index is 13.2. The van der Waals surface area contributed by atoms with Gasteiger partial charge < -0.3 is 19.7 Å². The first-order valence-electron chi connectivity index (χ1n) is 11.9. The first-order valence-corrected chi connectivity index (χ1v) is 12.9. The molecule has 2 saturated heterocycles. The molecule has 4 rings (SSSR count). The molecule has 2 fully saturated rings. The number of ether oxygens (including phenoxy) is 2. The Morgan fingerprint density at radius 1 is 1.03 bits per heavy atom. The van der Waals surface area contributed by atoms with Crippen molar-refractivity contribution in [2.45, 2.75) is 23.8 Å². The zero-order chi connectivity index (χ0) is 23.8. The average Bonchev–Trinajstić information content (AvgIpc) is 3.44. The van der Waals surface area contributed by atoms with E-state index in [0.717, 1.165) is 55.2 Å². The number of hydrogen-bond acceptors (Lipinski definition) is 6. The Bertz CT molecular complexity index is 957. The van der Waals surface area contributed by atoms with Crippen LogP contribution < -0.4 is 10.1 Å². The van der Waals surface area contributed by atoms with Gasteiger partial charge in [0.1, 0.15) is 5.75 Å². The third kappa shape index (κ3) is 6.31. The lowest BCUT2D eigenvalue weighted by Gasteiger charge is -2.35. The van der Waals surface area contributed by atoms with Crippen molar-refractivity contribution < 1.29 is 19.1 Å². The molecule has 0 spiro atoms. The highest BCUT2D eigenvalue weighted by atomic mass is 32.2. The first-order chi connectivity index (χ1) is 16.7. The molecular formula is C26H33N3O4S. The fraction of sp³-hybridized carbons (Fsp3) is 0.462. The zero-order valence-electron chi connectivity index (χ0n) is 19.7. The molecule has 2 aromatic carbocycles. The number of carbonyl (C=O) groups excluding carboxylic acids is 2. The van der Waals surface area contributed by atoms with Gasteiger partial charge in [-0.2, -0.15) is 0 Å². The third-order valence-corrected chi connectivity index (χ3v) is 7.44. The lowest BCUT2D eigenvalue weighted by molar-refractivity contribution is -0.127. The van der Waals surface area contributed by atoms with Crippen LogP contribution in [0.4, 0.5) is 0 Å². The number of rotatable bonds is 9. The minimum Gasteiger partial charge on any atom is -0.497 e. The summed E-state index contributed by atoms with van der Waals surface area (Å²) in [7, 11) is 1.66. The second-order valence-electron chi connectivity index (χ2n) is 8.52. The molecule has 1 atom stereocenters. The number of nitrogens with zero attached hydrogens (tertiary/aromatic N) is 2. The molecule has 34 heavy (non-hydrogen) atoms. The van der Waals surface area contributed by atoms with Gasteiger partial charge in [0.05, 0.1) is 37.7 Å². The molecule has 0 aliphatic carbocycles. The lowest BCUT2D eigenvalue weighted by atomic mass is 10.0. The zero-order valence-corrected chi connectivity index (χ0v) is 20.5. The van der Waals surface area contributed by atoms with E-state index in [1.54, 1.807) is 7.11 Å². The van der Waals surface area contributed by atoms with Gasteiger partial charge in [-0.15, -0.1) is 11.8 Å². The van der Waals surface area contributed by atoms with Crippen molar-refractivity contribution in [1.29, 1.82) is 0 Å². The van der Waals surface area contributed by atoms with Crippen molar-refractivity contribution in [3.8, 4) is 5.75 Å². The molecule has 1 N–H and O–H groups in total. The number of methoxy groups -OCH3 is 1. The average molecular weight is 484 g/mol. The van der Waals surface area contributed by atoms with Crippen LogP contribution in [-0.2, 0) is 9.53 Å². The molecule has 1 unspecified atom stereocenters. The van der Waals surface area contributed by atoms with E-state index in [1.807, 2.05) is 41.3 Å². The Labute approximate surface area is 205 Å². The number of benzene rings is 2. The minimum atomic E-state index is -0.122. The Morgan fingerprint density at radius 2 is 1.74 bits per heavy atom. The highest BCUT2D eigenvalue weighted by Gasteiger charge is 2.24. The normalized spacial score (nSPS) is 17.4. The Morgan fingerprint density at radius 3 is 2.44 bits per heavy atom. The monoisotopic (exact) mass is 483 g/mol. The quantitative estimate of drug-likeness (QED) is 0.553. The van der Waals surface area contributed by atoms with Crippen molar-refractivity contribution >= 4 is 23.6 Å². The molecule has 0 aromatic heterocycles. The van der Waals surface area contributed by atoms with Crippen LogP contribution in [0.1, 0.15) is 34.8 Å². The standard InChI is InChI=1S/C26H33N3O4S/c1-32-21-10-8-20(9-11-21)23(28-14-16-33-17-15-28)18-27-26(31)22-6-2-3-7-24(22)34-19-25(30)29-12-4-5-13-29/h2-3,6-11,23H,4-5,12-19H2,1H3,(H,27,31). The molecule has 0 saturated carbocycles. The first kappa shape index (κ1) is 24.6. The lowest BCUT2D eigenvalue weighted by Crippen LogP contribution is -2.43. The van der Waals surface area contributed by atoms with E-state index in [0.29, 0.717) is 31.1 Å². The highest BCUT2D eigenvalue weighted by Crippen LogP contribution is 2.26. The maximum Gasteiger partial charge on any atom is 0.252 e. The maximum atomic E-state index is 13.2. The molecule has 7 nitrogen and oxygen atoms in total. The van der Waals surface area contributed by atoms with Gasteiger partial charge in [0.2, 0.25) is 5.91 Å². The van der Waals surface area contributed by atoms with Crippen molar-refractivity contribution in [2.24, 2.45) is 0 Å². The largest absolute Gasteiger partial charge is 0.497 e. The van der Waals surface area contributed by atoms with E-state index in [1.165, 1.54) is 11.8 Å². The van der Waals surface area contributed by atoms with E-state index in [-0.39, 0.29) is 17.9 Å². The summed E-state index contributed by atoms with van der Waals surface area (Å²) in [5.41, 5.74) is 1.74. The van der Waals surface area contributed by atoms with Gasteiger partial charge in [-0.05, 0) is 42.7 Å². The van der Waals surface area contributed by atoms with Crippen molar-refractivity contribution in [2.75, 3.05) is 58.8 Å². The second-order valence-corrected chi connectivity index (χ2v) is 9.54. The summed E-state index contributed by atoms with van der Waals surface area (Å²) < 4.78 is 10.8. The Balaban J connectivity index is 1.42. The summed E-state index contributed by atoms with van der Waals surface area (Å²) in [5, 5.41) is 3.15. The van der Waals surface area contributed by atoms with Gasteiger partial charge in [-0.3, -0.25) is 14.5 Å². The number of carbonyl (C=O) groups is 2. The molecule has 0 radical (unpaired) electrons. The SMILES string of the molecule is COc1ccc(C(CNC(=O)c2ccccc2SCC(=O)N2CCCC2)N2CCOCC2)cc1. The molecule has 2 heterocycles. The molecule has 8 heteroatoms. The van der Waals surface area contributed by atoms with E-state index in [2.05, 4.69) is 22.3 Å². The molecule has 182 valence electrons. The van der Waals surface area contributed by atoms with Gasteiger partial charge >= 0.3 is 0 Å². The van der Waals surface area contributed by atoms with E-state index >= 15 is 0 Å². The number of likely N-dealkylation sites (tertiary alicyclic amines) is 1. The smallest absolute Gasteiger partial charge is 0.252 e. The molecule has 0 bridgehead atoms. The van der Waals surface area contributed by atoms with Crippen LogP contribution in [0.5, 0.6) is 5.75 Å². The molecule has 2 aliphatic rings. The summed E-state index contributed by atoms with van der Waals surface area (Å²) in [4.78, 5) is 30.8. The van der Waals surface area contributed by atoms with Gasteiger partial charge in [0.25, 0.3) is 5.91 Å². The van der Waals surface area contributed by atoms with Crippen LogP contribution in [0.25, 0.3) is 0 Å². The summed E-state index contributed by atoms with van der Waals surface area (Å²) in [6, 6.07) is 15.6. The predicted octanol–water partition coefficient (Wildman–Crippen LogP) is 3.21. The van der Waals surface area contributed by atoms with Crippen LogP contribution in [0.15, 0.2) is 53.4 Å². The van der Waals surface area contributed by atoms with E-state index in [4.69, 9.17) is 9.47 Å². The van der Waals surface area contributed by atoms with Crippen LogP contribution in [0, 0.1) is 0 Å². The van der Waals surface area contributed by atoms with Gasteiger partial charge in [0.15, 0.2) is 0 Å². The topological polar surface area (TPSA) is 71.1 Å². The van der Waals surface area contributed by atoms with Crippen LogP contribution in [0.3, 0.4) is 0 Å². The highest BCUT2D eigenvalue weighted by molar-refractivity contribution is 8.00. The van der Waals surface area contributed by atoms with E-state index < -0.39 is 0 Å². The third-order valence-electron chi connectivity index (χ3n) is 6.38. The summed E-state index contributed by atoms with van der Waals surface area (Å²) in [6.07, 6.45) is 2.15. The fourth-order valence-corrected chi connectivity index (χ4v) is 5.39. The minimum absolute atomic E-state index is 0.0373. The van der Waals surface area contributed by atoms with Crippen LogP contribution in [-0.4, -0.2) is 80.4 Å². The Hall–Kier alpha value is -2.55. The van der Waals surface area contributed by atoms with Crippen molar-refractivity contribution in [3.63, 3.8) is 0 Å². The Kier molecular flexibility index (Phi) is 8.85. The van der Waals surface area contributed by atoms with Crippen LogP contribution in [0.2, 0.25) is 0 Å². The van der Waals surface area contributed by atoms with Crippen LogP contribution >= 0.6 is 11.8 Å². The van der Waals surface area contributed by atoms with Gasteiger partial charge in [-0.25, -0.2) is 0 Å². The number of amides is 2. The fourth-order valence-electron chi connectivity index (χ4n) is 4.43. The molecule has 2 aliphatic heterocycles. The molecular weight excluding hydrogens is 450 g/mol. The predicted molar refractivity (Wildman–Crippen MR) is 133 cm³/mol. The second kappa shape index (κ2) is 12.2. The van der Waals surface area contributed by atoms with Gasteiger partial charge in [0, 0.05) is 37.6 Å². The summed E-state index contributed by atoms with van der Waals surface area (Å²) >= 11 is 1.44. The van der Waals surface area contributed by atoms with E-state index in [9.17, 15) is 9.59 Å².